The van der Waals surface area contributed by atoms with Gasteiger partial charge in [-0.2, -0.15) is 13.2 Å². The Hall–Kier alpha value is -2.15. The lowest BCUT2D eigenvalue weighted by Crippen LogP contribution is -2.34. The number of aromatic nitrogens is 2. The second kappa shape index (κ2) is 5.81. The van der Waals surface area contributed by atoms with Crippen molar-refractivity contribution in [1.82, 2.24) is 9.55 Å². The average molecular weight is 326 g/mol. The summed E-state index contributed by atoms with van der Waals surface area (Å²) in [7, 11) is 0. The highest BCUT2D eigenvalue weighted by Crippen LogP contribution is 2.32. The van der Waals surface area contributed by atoms with Gasteiger partial charge in [0.25, 0.3) is 5.56 Å². The number of aliphatic hydroxyl groups is 1. The first-order chi connectivity index (χ1) is 10.5. The molecule has 0 bridgehead atoms. The Kier molecular flexibility index (Phi) is 4.34. The first-order valence-electron chi connectivity index (χ1n) is 6.95. The standard InChI is InChI=1S/C16H17F3N2O2/c1-10-11(2)20-9-21(14(10)22)8-15(3,23)12-5-4-6-13(7-12)16(17,18)19/h4-7,9,23H,8H2,1-3H3/t15-/m1/s1. The number of nitrogens with zero attached hydrogens (tertiary/aromatic N) is 2. The summed E-state index contributed by atoms with van der Waals surface area (Å²) in [5.74, 6) is 0. The smallest absolute Gasteiger partial charge is 0.384 e. The van der Waals surface area contributed by atoms with Gasteiger partial charge in [0.05, 0.1) is 18.4 Å². The first kappa shape index (κ1) is 17.2. The number of hydrogen-bond acceptors (Lipinski definition) is 3. The summed E-state index contributed by atoms with van der Waals surface area (Å²) in [5, 5.41) is 10.6. The van der Waals surface area contributed by atoms with Crippen molar-refractivity contribution in [2.45, 2.75) is 39.1 Å². The van der Waals surface area contributed by atoms with Crippen molar-refractivity contribution < 1.29 is 18.3 Å². The molecule has 0 aliphatic rings. The van der Waals surface area contributed by atoms with Crippen molar-refractivity contribution >= 4 is 0 Å². The molecule has 0 aliphatic carbocycles. The van der Waals surface area contributed by atoms with E-state index < -0.39 is 17.3 Å². The summed E-state index contributed by atoms with van der Waals surface area (Å²) in [6.07, 6.45) is -3.21. The molecule has 0 spiro atoms. The quantitative estimate of drug-likeness (QED) is 0.944. The molecule has 0 saturated carbocycles. The van der Waals surface area contributed by atoms with Crippen LogP contribution in [0.2, 0.25) is 0 Å². The molecule has 0 amide bonds. The van der Waals surface area contributed by atoms with Gasteiger partial charge in [-0.1, -0.05) is 12.1 Å². The van der Waals surface area contributed by atoms with Gasteiger partial charge in [0.15, 0.2) is 0 Å². The van der Waals surface area contributed by atoms with Crippen LogP contribution in [0.4, 0.5) is 13.2 Å². The lowest BCUT2D eigenvalue weighted by Gasteiger charge is -2.25. The van der Waals surface area contributed by atoms with Crippen LogP contribution in [0, 0.1) is 13.8 Å². The van der Waals surface area contributed by atoms with Gasteiger partial charge in [0, 0.05) is 11.3 Å². The Balaban J connectivity index is 2.40. The minimum atomic E-state index is -4.50. The van der Waals surface area contributed by atoms with Crippen LogP contribution in [-0.4, -0.2) is 14.7 Å². The molecule has 0 unspecified atom stereocenters. The number of rotatable bonds is 3. The highest BCUT2D eigenvalue weighted by Gasteiger charge is 2.33. The molecule has 2 aromatic rings. The van der Waals surface area contributed by atoms with E-state index >= 15 is 0 Å². The Morgan fingerprint density at radius 1 is 1.22 bits per heavy atom. The number of benzene rings is 1. The fourth-order valence-corrected chi connectivity index (χ4v) is 2.24. The molecule has 0 aliphatic heterocycles. The van der Waals surface area contributed by atoms with E-state index in [1.165, 1.54) is 30.0 Å². The second-order valence-electron chi connectivity index (χ2n) is 5.74. The van der Waals surface area contributed by atoms with Gasteiger partial charge in [-0.25, -0.2) is 4.98 Å². The largest absolute Gasteiger partial charge is 0.416 e. The maximum Gasteiger partial charge on any atom is 0.416 e. The van der Waals surface area contributed by atoms with E-state index in [0.29, 0.717) is 11.3 Å². The summed E-state index contributed by atoms with van der Waals surface area (Å²) in [5.41, 5.74) is -1.73. The van der Waals surface area contributed by atoms with E-state index in [1.807, 2.05) is 0 Å². The van der Waals surface area contributed by atoms with Gasteiger partial charge in [-0.15, -0.1) is 0 Å². The van der Waals surface area contributed by atoms with Gasteiger partial charge in [0.2, 0.25) is 0 Å². The van der Waals surface area contributed by atoms with Crippen LogP contribution < -0.4 is 5.56 Å². The van der Waals surface area contributed by atoms with Gasteiger partial charge in [-0.05, 0) is 38.5 Å². The summed E-state index contributed by atoms with van der Waals surface area (Å²) in [6, 6.07) is 4.45. The summed E-state index contributed by atoms with van der Waals surface area (Å²) in [6.45, 7) is 4.47. The number of hydrogen-bond donors (Lipinski definition) is 1. The van der Waals surface area contributed by atoms with Gasteiger partial charge >= 0.3 is 6.18 Å². The maximum absolute atomic E-state index is 12.8. The Labute approximate surface area is 131 Å². The van der Waals surface area contributed by atoms with Gasteiger partial charge in [-0.3, -0.25) is 9.36 Å². The Bertz CT molecular complexity index is 780. The zero-order valence-corrected chi connectivity index (χ0v) is 13.0. The molecule has 124 valence electrons. The molecule has 1 aromatic heterocycles. The van der Waals surface area contributed by atoms with Crippen molar-refractivity contribution in [1.29, 1.82) is 0 Å². The molecule has 0 radical (unpaired) electrons. The molecule has 0 saturated heterocycles. The molecule has 1 aromatic carbocycles. The molecule has 1 N–H and O–H groups in total. The normalized spacial score (nSPS) is 14.6. The number of halogens is 3. The molecular weight excluding hydrogens is 309 g/mol. The topological polar surface area (TPSA) is 55.1 Å². The minimum absolute atomic E-state index is 0.0810. The molecule has 0 fully saturated rings. The molecule has 4 nitrogen and oxygen atoms in total. The van der Waals surface area contributed by atoms with Crippen LogP contribution >= 0.6 is 0 Å². The fraction of sp³-hybridized carbons (Fsp3) is 0.375. The average Bonchev–Trinajstić information content (AvgIpc) is 2.47. The molecule has 1 atom stereocenters. The Morgan fingerprint density at radius 3 is 2.43 bits per heavy atom. The SMILES string of the molecule is Cc1ncn(C[C@@](C)(O)c2cccc(C(F)(F)F)c2)c(=O)c1C. The first-order valence-corrected chi connectivity index (χ1v) is 6.95. The van der Waals surface area contributed by atoms with Crippen molar-refractivity contribution in [3.8, 4) is 0 Å². The van der Waals surface area contributed by atoms with E-state index in [0.717, 1.165) is 12.1 Å². The van der Waals surface area contributed by atoms with E-state index in [2.05, 4.69) is 4.98 Å². The van der Waals surface area contributed by atoms with E-state index in [4.69, 9.17) is 0 Å². The zero-order chi connectivity index (χ0) is 17.4. The van der Waals surface area contributed by atoms with E-state index in [9.17, 15) is 23.1 Å². The van der Waals surface area contributed by atoms with Crippen LogP contribution in [-0.2, 0) is 18.3 Å². The summed E-state index contributed by atoms with van der Waals surface area (Å²) in [4.78, 5) is 16.2. The minimum Gasteiger partial charge on any atom is -0.384 e. The predicted molar refractivity (Wildman–Crippen MR) is 79.0 cm³/mol. The predicted octanol–water partition coefficient (Wildman–Crippen LogP) is 2.79. The lowest BCUT2D eigenvalue weighted by molar-refractivity contribution is -0.137. The van der Waals surface area contributed by atoms with Crippen molar-refractivity contribution in [3.63, 3.8) is 0 Å². The van der Waals surface area contributed by atoms with Gasteiger partial charge < -0.3 is 5.11 Å². The van der Waals surface area contributed by atoms with Crippen molar-refractivity contribution in [2.24, 2.45) is 0 Å². The van der Waals surface area contributed by atoms with E-state index in [-0.39, 0.29) is 17.7 Å². The third-order valence-electron chi connectivity index (χ3n) is 3.81. The molecule has 1 heterocycles. The highest BCUT2D eigenvalue weighted by molar-refractivity contribution is 5.29. The zero-order valence-electron chi connectivity index (χ0n) is 13.0. The highest BCUT2D eigenvalue weighted by atomic mass is 19.4. The molecule has 7 heteroatoms. The van der Waals surface area contributed by atoms with E-state index in [1.54, 1.807) is 13.8 Å². The fourth-order valence-electron chi connectivity index (χ4n) is 2.24. The monoisotopic (exact) mass is 326 g/mol. The van der Waals surface area contributed by atoms with Crippen LogP contribution in [0.25, 0.3) is 0 Å². The van der Waals surface area contributed by atoms with Crippen molar-refractivity contribution in [3.05, 3.63) is 63.3 Å². The Morgan fingerprint density at radius 2 is 1.83 bits per heavy atom. The molecule has 23 heavy (non-hydrogen) atoms. The second-order valence-corrected chi connectivity index (χ2v) is 5.74. The maximum atomic E-state index is 12.8. The molecule has 2 rings (SSSR count). The number of aryl methyl sites for hydroxylation is 1. The summed E-state index contributed by atoms with van der Waals surface area (Å²) >= 11 is 0. The van der Waals surface area contributed by atoms with Crippen LogP contribution in [0.3, 0.4) is 0 Å². The number of alkyl halides is 3. The van der Waals surface area contributed by atoms with Crippen molar-refractivity contribution in [2.75, 3.05) is 0 Å². The third-order valence-corrected chi connectivity index (χ3v) is 3.81. The van der Waals surface area contributed by atoms with Crippen LogP contribution in [0.5, 0.6) is 0 Å². The third kappa shape index (κ3) is 3.61. The van der Waals surface area contributed by atoms with Crippen LogP contribution in [0.1, 0.15) is 29.3 Å². The molecular formula is C16H17F3N2O2. The van der Waals surface area contributed by atoms with Crippen LogP contribution in [0.15, 0.2) is 35.4 Å². The lowest BCUT2D eigenvalue weighted by atomic mass is 9.94. The van der Waals surface area contributed by atoms with Gasteiger partial charge in [0.1, 0.15) is 5.60 Å². The summed E-state index contributed by atoms with van der Waals surface area (Å²) < 4.78 is 39.6.